The van der Waals surface area contributed by atoms with Crippen molar-refractivity contribution < 1.29 is 28.5 Å². The Kier molecular flexibility index (Phi) is 12.3. The van der Waals surface area contributed by atoms with Crippen LogP contribution in [0.2, 0.25) is 0 Å². The molecule has 2 aromatic carbocycles. The van der Waals surface area contributed by atoms with Crippen molar-refractivity contribution in [2.45, 2.75) is 45.4 Å². The number of carbonyl (C=O) groups excluding carboxylic acids is 2. The minimum absolute atomic E-state index is 0.0696. The van der Waals surface area contributed by atoms with Gasteiger partial charge in [0, 0.05) is 61.0 Å². The third kappa shape index (κ3) is 8.94. The van der Waals surface area contributed by atoms with Crippen LogP contribution in [-0.2, 0) is 30.2 Å². The maximum Gasteiger partial charge on any atom is 0.333 e. The van der Waals surface area contributed by atoms with Gasteiger partial charge in [-0.1, -0.05) is 25.5 Å². The fourth-order valence-electron chi connectivity index (χ4n) is 5.64. The SMILES string of the molecule is CCCCOCCOCC(=O)OCN1C(=O)CCc2ccc(OCCCCN3CCN(c4cccc5sccc45)CC3)cc21. The number of ether oxygens (including phenoxy) is 4. The van der Waals surface area contributed by atoms with E-state index in [2.05, 4.69) is 46.4 Å². The zero-order valence-corrected chi connectivity index (χ0v) is 26.7. The standard InChI is InChI=1S/C34H45N3O6S/c1-2-3-19-40-21-22-41-25-34(39)43-26-37-31-24-28(11-9-27(31)10-12-33(37)38)42-20-5-4-14-35-15-17-36(18-16-35)30-7-6-8-32-29(30)13-23-44-32/h6-9,11,13,23-24H,2-5,10,12,14-22,25-26H2,1H3. The third-order valence-electron chi connectivity index (χ3n) is 8.17. The van der Waals surface area contributed by atoms with Crippen LogP contribution in [0.3, 0.4) is 0 Å². The predicted octanol–water partition coefficient (Wildman–Crippen LogP) is 5.50. The Labute approximate surface area is 264 Å². The number of hydrogen-bond acceptors (Lipinski definition) is 9. The Bertz CT molecular complexity index is 1360. The molecule has 1 saturated heterocycles. The summed E-state index contributed by atoms with van der Waals surface area (Å²) in [5.41, 5.74) is 3.14. The van der Waals surface area contributed by atoms with Gasteiger partial charge in [-0.25, -0.2) is 4.79 Å². The molecule has 9 nitrogen and oxygen atoms in total. The number of carbonyl (C=O) groups is 2. The lowest BCUT2D eigenvalue weighted by molar-refractivity contribution is -0.149. The van der Waals surface area contributed by atoms with Crippen LogP contribution in [0.4, 0.5) is 11.4 Å². The number of piperazine rings is 1. The Balaban J connectivity index is 1.00. The summed E-state index contributed by atoms with van der Waals surface area (Å²) in [7, 11) is 0. The van der Waals surface area contributed by atoms with Crippen molar-refractivity contribution >= 4 is 44.7 Å². The lowest BCUT2D eigenvalue weighted by Crippen LogP contribution is -2.46. The van der Waals surface area contributed by atoms with Crippen molar-refractivity contribution in [3.05, 3.63) is 53.4 Å². The van der Waals surface area contributed by atoms with Crippen LogP contribution in [0, 0.1) is 0 Å². The van der Waals surface area contributed by atoms with Gasteiger partial charge in [0.25, 0.3) is 0 Å². The van der Waals surface area contributed by atoms with Crippen LogP contribution in [0.1, 0.15) is 44.6 Å². The van der Waals surface area contributed by atoms with Gasteiger partial charge in [-0.15, -0.1) is 11.3 Å². The molecule has 2 aliphatic heterocycles. The molecule has 1 aromatic heterocycles. The molecule has 0 N–H and O–H groups in total. The van der Waals surface area contributed by atoms with Gasteiger partial charge in [0.05, 0.1) is 25.5 Å². The number of hydrogen-bond donors (Lipinski definition) is 0. The lowest BCUT2D eigenvalue weighted by atomic mass is 10.0. The molecule has 0 unspecified atom stereocenters. The number of unbranched alkanes of at least 4 members (excludes halogenated alkanes) is 2. The van der Waals surface area contributed by atoms with Gasteiger partial charge in [0.1, 0.15) is 12.4 Å². The normalized spacial score (nSPS) is 15.5. The molecule has 10 heteroatoms. The van der Waals surface area contributed by atoms with E-state index in [-0.39, 0.29) is 19.2 Å². The highest BCUT2D eigenvalue weighted by atomic mass is 32.1. The number of benzene rings is 2. The quantitative estimate of drug-likeness (QED) is 0.144. The number of fused-ring (bicyclic) bond motifs is 2. The summed E-state index contributed by atoms with van der Waals surface area (Å²) >= 11 is 1.80. The summed E-state index contributed by atoms with van der Waals surface area (Å²) in [6, 6.07) is 14.7. The van der Waals surface area contributed by atoms with E-state index >= 15 is 0 Å². The van der Waals surface area contributed by atoms with Crippen molar-refractivity contribution in [3.8, 4) is 5.75 Å². The number of nitrogens with zero attached hydrogens (tertiary/aromatic N) is 3. The van der Waals surface area contributed by atoms with Crippen molar-refractivity contribution in [1.82, 2.24) is 4.90 Å². The Morgan fingerprint density at radius 3 is 2.61 bits per heavy atom. The molecule has 44 heavy (non-hydrogen) atoms. The summed E-state index contributed by atoms with van der Waals surface area (Å²) in [4.78, 5) is 31.5. The first kappa shape index (κ1) is 32.2. The molecule has 3 heterocycles. The second-order valence-corrected chi connectivity index (χ2v) is 12.2. The Morgan fingerprint density at radius 2 is 1.75 bits per heavy atom. The third-order valence-corrected chi connectivity index (χ3v) is 9.05. The monoisotopic (exact) mass is 623 g/mol. The van der Waals surface area contributed by atoms with E-state index in [0.717, 1.165) is 75.4 Å². The molecule has 0 saturated carbocycles. The average molecular weight is 624 g/mol. The van der Waals surface area contributed by atoms with Gasteiger partial charge < -0.3 is 23.8 Å². The van der Waals surface area contributed by atoms with E-state index in [9.17, 15) is 9.59 Å². The van der Waals surface area contributed by atoms with Crippen molar-refractivity contribution in [2.75, 3.05) is 82.3 Å². The number of esters is 1. The highest BCUT2D eigenvalue weighted by Crippen LogP contribution is 2.32. The minimum Gasteiger partial charge on any atom is -0.494 e. The molecule has 1 amide bonds. The lowest BCUT2D eigenvalue weighted by Gasteiger charge is -2.36. The molecule has 0 aliphatic carbocycles. The molecule has 2 aliphatic rings. The average Bonchev–Trinajstić information content (AvgIpc) is 3.53. The smallest absolute Gasteiger partial charge is 0.333 e. The van der Waals surface area contributed by atoms with Gasteiger partial charge in [-0.3, -0.25) is 14.6 Å². The van der Waals surface area contributed by atoms with Gasteiger partial charge in [-0.05, 0) is 67.4 Å². The van der Waals surface area contributed by atoms with Crippen LogP contribution < -0.4 is 14.5 Å². The zero-order valence-electron chi connectivity index (χ0n) is 25.8. The fraction of sp³-hybridized carbons (Fsp3) is 0.529. The molecule has 0 bridgehead atoms. The topological polar surface area (TPSA) is 80.8 Å². The van der Waals surface area contributed by atoms with E-state index < -0.39 is 5.97 Å². The first-order valence-electron chi connectivity index (χ1n) is 15.9. The van der Waals surface area contributed by atoms with E-state index in [1.807, 2.05) is 18.2 Å². The fourth-order valence-corrected chi connectivity index (χ4v) is 6.45. The van der Waals surface area contributed by atoms with Crippen LogP contribution in [0.5, 0.6) is 5.75 Å². The molecular weight excluding hydrogens is 578 g/mol. The summed E-state index contributed by atoms with van der Waals surface area (Å²) in [6.07, 6.45) is 5.15. The number of amides is 1. The van der Waals surface area contributed by atoms with Crippen LogP contribution in [0.25, 0.3) is 10.1 Å². The molecule has 1 fully saturated rings. The van der Waals surface area contributed by atoms with E-state index in [1.165, 1.54) is 20.7 Å². The number of thiophene rings is 1. The largest absolute Gasteiger partial charge is 0.494 e. The first-order chi connectivity index (χ1) is 21.6. The maximum atomic E-state index is 12.7. The predicted molar refractivity (Wildman–Crippen MR) is 175 cm³/mol. The second-order valence-electron chi connectivity index (χ2n) is 11.3. The molecule has 3 aromatic rings. The van der Waals surface area contributed by atoms with Gasteiger partial charge >= 0.3 is 5.97 Å². The van der Waals surface area contributed by atoms with Gasteiger partial charge in [0.2, 0.25) is 5.91 Å². The molecule has 0 spiro atoms. The molecule has 238 valence electrons. The summed E-state index contributed by atoms with van der Waals surface area (Å²) in [5, 5.41) is 3.54. The summed E-state index contributed by atoms with van der Waals surface area (Å²) in [5.74, 6) is 0.143. The van der Waals surface area contributed by atoms with Gasteiger partial charge in [0.15, 0.2) is 6.73 Å². The van der Waals surface area contributed by atoms with Crippen LogP contribution in [0.15, 0.2) is 47.8 Å². The highest BCUT2D eigenvalue weighted by molar-refractivity contribution is 7.17. The molecular formula is C34H45N3O6S. The molecule has 0 radical (unpaired) electrons. The van der Waals surface area contributed by atoms with Crippen molar-refractivity contribution in [2.24, 2.45) is 0 Å². The number of rotatable bonds is 17. The van der Waals surface area contributed by atoms with E-state index in [0.29, 0.717) is 39.3 Å². The number of aryl methyl sites for hydroxylation is 1. The maximum absolute atomic E-state index is 12.7. The second kappa shape index (κ2) is 16.8. The molecule has 0 atom stereocenters. The van der Waals surface area contributed by atoms with Crippen molar-refractivity contribution in [1.29, 1.82) is 0 Å². The van der Waals surface area contributed by atoms with Crippen molar-refractivity contribution in [3.63, 3.8) is 0 Å². The minimum atomic E-state index is -0.507. The van der Waals surface area contributed by atoms with Crippen LogP contribution >= 0.6 is 11.3 Å². The Hall–Kier alpha value is -3.18. The number of anilines is 2. The first-order valence-corrected chi connectivity index (χ1v) is 16.8. The zero-order chi connectivity index (χ0) is 30.6. The summed E-state index contributed by atoms with van der Waals surface area (Å²) < 4.78 is 23.6. The molecule has 5 rings (SSSR count). The van der Waals surface area contributed by atoms with Crippen LogP contribution in [-0.4, -0.2) is 89.3 Å². The van der Waals surface area contributed by atoms with Gasteiger partial charge in [-0.2, -0.15) is 0 Å². The highest BCUT2D eigenvalue weighted by Gasteiger charge is 2.26. The summed E-state index contributed by atoms with van der Waals surface area (Å²) in [6.45, 7) is 9.17. The van der Waals surface area contributed by atoms with E-state index in [4.69, 9.17) is 18.9 Å². The Morgan fingerprint density at radius 1 is 0.886 bits per heavy atom. The van der Waals surface area contributed by atoms with E-state index in [1.54, 1.807) is 11.3 Å².